The molecule has 0 spiro atoms. The van der Waals surface area contributed by atoms with E-state index in [1.165, 1.54) is 16.8 Å². The van der Waals surface area contributed by atoms with E-state index in [1.807, 2.05) is 7.05 Å². The summed E-state index contributed by atoms with van der Waals surface area (Å²) in [6.07, 6.45) is 0.983. The van der Waals surface area contributed by atoms with Crippen LogP contribution in [0.25, 0.3) is 0 Å². The molecule has 0 aliphatic heterocycles. The van der Waals surface area contributed by atoms with Crippen molar-refractivity contribution < 1.29 is 0 Å². The lowest BCUT2D eigenvalue weighted by atomic mass is 10.0. The first-order valence-corrected chi connectivity index (χ1v) is 6.41. The molecule has 2 N–H and O–H groups in total. The zero-order valence-electron chi connectivity index (χ0n) is 11.0. The minimum atomic E-state index is 0.963. The van der Waals surface area contributed by atoms with Gasteiger partial charge in [0.2, 0.25) is 0 Å². The van der Waals surface area contributed by atoms with Gasteiger partial charge in [-0.25, -0.2) is 0 Å². The zero-order chi connectivity index (χ0) is 12.8. The number of hydrogen-bond donors (Lipinski definition) is 2. The fraction of sp³-hybridized carbons (Fsp3) is 0.250. The molecule has 0 aliphatic rings. The van der Waals surface area contributed by atoms with E-state index in [2.05, 4.69) is 66.1 Å². The quantitative estimate of drug-likeness (QED) is 0.831. The molecule has 0 radical (unpaired) electrons. The first-order valence-electron chi connectivity index (χ1n) is 6.41. The Balaban J connectivity index is 2.03. The van der Waals surface area contributed by atoms with Gasteiger partial charge in [-0.2, -0.15) is 0 Å². The molecule has 0 saturated carbocycles. The molecule has 0 unspecified atom stereocenters. The highest BCUT2D eigenvalue weighted by atomic mass is 14.8. The SMILES string of the molecule is CCNc1ccc(Cc2ccc(NC)cc2)cc1. The summed E-state index contributed by atoms with van der Waals surface area (Å²) < 4.78 is 0. The van der Waals surface area contributed by atoms with Crippen LogP contribution in [-0.2, 0) is 6.42 Å². The van der Waals surface area contributed by atoms with Crippen LogP contribution in [0.5, 0.6) is 0 Å². The van der Waals surface area contributed by atoms with E-state index >= 15 is 0 Å². The van der Waals surface area contributed by atoms with E-state index < -0.39 is 0 Å². The maximum atomic E-state index is 3.31. The second-order valence-corrected chi connectivity index (χ2v) is 4.35. The standard InChI is InChI=1S/C16H20N2/c1-3-18-16-10-6-14(7-11-16)12-13-4-8-15(17-2)9-5-13/h4-11,17-18H,3,12H2,1-2H3. The van der Waals surface area contributed by atoms with Crippen molar-refractivity contribution in [3.63, 3.8) is 0 Å². The van der Waals surface area contributed by atoms with Crippen molar-refractivity contribution in [2.75, 3.05) is 24.2 Å². The van der Waals surface area contributed by atoms with Crippen LogP contribution < -0.4 is 10.6 Å². The molecule has 2 rings (SSSR count). The Morgan fingerprint density at radius 1 is 0.778 bits per heavy atom. The van der Waals surface area contributed by atoms with Crippen molar-refractivity contribution in [1.82, 2.24) is 0 Å². The van der Waals surface area contributed by atoms with E-state index in [0.29, 0.717) is 0 Å². The zero-order valence-corrected chi connectivity index (χ0v) is 11.0. The molecule has 0 bridgehead atoms. The average Bonchev–Trinajstić information content (AvgIpc) is 2.42. The summed E-state index contributed by atoms with van der Waals surface area (Å²) in [6, 6.07) is 17.2. The Labute approximate surface area is 109 Å². The van der Waals surface area contributed by atoms with E-state index in [1.54, 1.807) is 0 Å². The Morgan fingerprint density at radius 2 is 1.28 bits per heavy atom. The van der Waals surface area contributed by atoms with E-state index in [0.717, 1.165) is 18.7 Å². The fourth-order valence-corrected chi connectivity index (χ4v) is 1.97. The summed E-state index contributed by atoms with van der Waals surface area (Å²) in [7, 11) is 1.94. The van der Waals surface area contributed by atoms with Crippen molar-refractivity contribution in [2.24, 2.45) is 0 Å². The van der Waals surface area contributed by atoms with Crippen molar-refractivity contribution in [3.05, 3.63) is 59.7 Å². The highest BCUT2D eigenvalue weighted by molar-refractivity contribution is 5.47. The van der Waals surface area contributed by atoms with Gasteiger partial charge in [0.1, 0.15) is 0 Å². The van der Waals surface area contributed by atoms with Crippen molar-refractivity contribution in [2.45, 2.75) is 13.3 Å². The fourth-order valence-electron chi connectivity index (χ4n) is 1.97. The highest BCUT2D eigenvalue weighted by Gasteiger charge is 1.97. The third kappa shape index (κ3) is 3.27. The Hall–Kier alpha value is -1.96. The molecule has 2 aromatic carbocycles. The molecule has 0 atom stereocenters. The third-order valence-electron chi connectivity index (χ3n) is 2.99. The molecule has 94 valence electrons. The van der Waals surface area contributed by atoms with Crippen LogP contribution in [0.3, 0.4) is 0 Å². The summed E-state index contributed by atoms with van der Waals surface area (Å²) >= 11 is 0. The number of hydrogen-bond acceptors (Lipinski definition) is 2. The Kier molecular flexibility index (Phi) is 4.24. The van der Waals surface area contributed by atoms with Gasteiger partial charge in [-0.1, -0.05) is 24.3 Å². The van der Waals surface area contributed by atoms with Crippen LogP contribution in [0.4, 0.5) is 11.4 Å². The van der Waals surface area contributed by atoms with E-state index in [9.17, 15) is 0 Å². The molecule has 0 aromatic heterocycles. The third-order valence-corrected chi connectivity index (χ3v) is 2.99. The topological polar surface area (TPSA) is 24.1 Å². The van der Waals surface area contributed by atoms with Crippen LogP contribution in [0.2, 0.25) is 0 Å². The van der Waals surface area contributed by atoms with Gasteiger partial charge in [0.15, 0.2) is 0 Å². The lowest BCUT2D eigenvalue weighted by Crippen LogP contribution is -1.96. The van der Waals surface area contributed by atoms with Crippen LogP contribution in [0, 0.1) is 0 Å². The number of nitrogens with one attached hydrogen (secondary N) is 2. The van der Waals surface area contributed by atoms with Crippen molar-refractivity contribution in [1.29, 1.82) is 0 Å². The van der Waals surface area contributed by atoms with Crippen LogP contribution in [0.1, 0.15) is 18.1 Å². The largest absolute Gasteiger partial charge is 0.388 e. The molecule has 2 nitrogen and oxygen atoms in total. The van der Waals surface area contributed by atoms with Gasteiger partial charge in [-0.05, 0) is 48.7 Å². The predicted octanol–water partition coefficient (Wildman–Crippen LogP) is 3.75. The molecule has 0 fully saturated rings. The van der Waals surface area contributed by atoms with Crippen molar-refractivity contribution >= 4 is 11.4 Å². The van der Waals surface area contributed by atoms with Gasteiger partial charge in [0, 0.05) is 25.0 Å². The van der Waals surface area contributed by atoms with Crippen molar-refractivity contribution in [3.8, 4) is 0 Å². The van der Waals surface area contributed by atoms with E-state index in [-0.39, 0.29) is 0 Å². The number of benzene rings is 2. The molecular weight excluding hydrogens is 220 g/mol. The average molecular weight is 240 g/mol. The molecule has 2 heteroatoms. The predicted molar refractivity (Wildman–Crippen MR) is 79.4 cm³/mol. The number of rotatable bonds is 5. The van der Waals surface area contributed by atoms with Gasteiger partial charge in [-0.3, -0.25) is 0 Å². The van der Waals surface area contributed by atoms with Gasteiger partial charge in [0.05, 0.1) is 0 Å². The normalized spacial score (nSPS) is 10.1. The summed E-state index contributed by atoms with van der Waals surface area (Å²) in [5, 5.41) is 6.44. The van der Waals surface area contributed by atoms with Crippen LogP contribution in [-0.4, -0.2) is 13.6 Å². The highest BCUT2D eigenvalue weighted by Crippen LogP contribution is 2.15. The summed E-state index contributed by atoms with van der Waals surface area (Å²) in [6.45, 7) is 3.07. The lowest BCUT2D eigenvalue weighted by Gasteiger charge is -2.06. The van der Waals surface area contributed by atoms with Gasteiger partial charge < -0.3 is 10.6 Å². The second-order valence-electron chi connectivity index (χ2n) is 4.35. The molecule has 18 heavy (non-hydrogen) atoms. The summed E-state index contributed by atoms with van der Waals surface area (Å²) in [4.78, 5) is 0. The monoisotopic (exact) mass is 240 g/mol. The van der Waals surface area contributed by atoms with Gasteiger partial charge in [-0.15, -0.1) is 0 Å². The summed E-state index contributed by atoms with van der Waals surface area (Å²) in [5.41, 5.74) is 5.02. The lowest BCUT2D eigenvalue weighted by molar-refractivity contribution is 1.18. The summed E-state index contributed by atoms with van der Waals surface area (Å²) in [5.74, 6) is 0. The molecule has 2 aromatic rings. The molecule has 0 amide bonds. The second kappa shape index (κ2) is 6.10. The smallest absolute Gasteiger partial charge is 0.0340 e. The van der Waals surface area contributed by atoms with Crippen LogP contribution >= 0.6 is 0 Å². The number of anilines is 2. The maximum Gasteiger partial charge on any atom is 0.0340 e. The Bertz CT molecular complexity index is 471. The van der Waals surface area contributed by atoms with E-state index in [4.69, 9.17) is 0 Å². The van der Waals surface area contributed by atoms with Gasteiger partial charge in [0.25, 0.3) is 0 Å². The first kappa shape index (κ1) is 12.5. The molecule has 0 aliphatic carbocycles. The minimum Gasteiger partial charge on any atom is -0.388 e. The molecule has 0 saturated heterocycles. The first-order chi connectivity index (χ1) is 8.81. The maximum absolute atomic E-state index is 3.31. The van der Waals surface area contributed by atoms with Crippen LogP contribution in [0.15, 0.2) is 48.5 Å². The minimum absolute atomic E-state index is 0.963. The molecule has 0 heterocycles. The van der Waals surface area contributed by atoms with Gasteiger partial charge >= 0.3 is 0 Å². The molecular formula is C16H20N2. The Morgan fingerprint density at radius 3 is 1.72 bits per heavy atom.